The first-order chi connectivity index (χ1) is 17.7. The molecule has 6 rings (SSSR count). The second-order valence-corrected chi connectivity index (χ2v) is 14.5. The number of aromatic nitrogens is 2. The molecule has 2 amide bonds. The number of likely N-dealkylation sites (tertiary alicyclic amines) is 1. The Bertz CT molecular complexity index is 1320. The van der Waals surface area contributed by atoms with Crippen molar-refractivity contribution >= 4 is 54.9 Å². The molecule has 1 N–H and O–H groups in total. The second-order valence-electron chi connectivity index (χ2n) is 10.7. The molecule has 3 aromatic rings. The average Bonchev–Trinajstić information content (AvgIpc) is 3.58. The van der Waals surface area contributed by atoms with Crippen LogP contribution in [0.15, 0.2) is 42.9 Å². The summed E-state index contributed by atoms with van der Waals surface area (Å²) in [6.45, 7) is 5.08. The number of hydrogen-bond donors (Lipinski definition) is 1. The van der Waals surface area contributed by atoms with Crippen molar-refractivity contribution in [2.75, 3.05) is 36.4 Å². The number of urea groups is 1. The SMILES string of the molecule is Cc1ccc(NC(=O)N2CC[C@@H](CC(F)(P)I)C2)cc1-c1cc(N2CC3CCC(C2)O3)c2nccn2c1. The van der Waals surface area contributed by atoms with Gasteiger partial charge in [0.05, 0.1) is 17.9 Å². The summed E-state index contributed by atoms with van der Waals surface area (Å²) in [6.07, 6.45) is 10.0. The monoisotopic (exact) mass is 635 g/mol. The minimum Gasteiger partial charge on any atom is -0.371 e. The third-order valence-electron chi connectivity index (χ3n) is 7.79. The lowest BCUT2D eigenvalue weighted by Crippen LogP contribution is -2.42. The zero-order valence-corrected chi connectivity index (χ0v) is 24.2. The number of ether oxygens (including phenoxy) is 1. The predicted octanol–water partition coefficient (Wildman–Crippen LogP) is 5.85. The average molecular weight is 635 g/mol. The largest absolute Gasteiger partial charge is 0.371 e. The molecule has 196 valence electrons. The van der Waals surface area contributed by atoms with E-state index in [-0.39, 0.29) is 24.2 Å². The first kappa shape index (κ1) is 25.3. The summed E-state index contributed by atoms with van der Waals surface area (Å²) in [5.74, 6) is 0.175. The van der Waals surface area contributed by atoms with Crippen LogP contribution in [0.5, 0.6) is 0 Å². The molecule has 0 radical (unpaired) electrons. The maximum atomic E-state index is 14.0. The van der Waals surface area contributed by atoms with Crippen molar-refractivity contribution in [3.05, 3.63) is 48.4 Å². The number of nitrogens with zero attached hydrogens (tertiary/aromatic N) is 4. The summed E-state index contributed by atoms with van der Waals surface area (Å²) in [5, 5.41) is 3.07. The molecule has 1 aromatic carbocycles. The van der Waals surface area contributed by atoms with Crippen molar-refractivity contribution in [3.63, 3.8) is 0 Å². The van der Waals surface area contributed by atoms with Crippen LogP contribution >= 0.6 is 31.8 Å². The molecule has 7 nitrogen and oxygen atoms in total. The number of nitrogens with one attached hydrogen (secondary N) is 1. The number of rotatable bonds is 5. The molecule has 3 saturated heterocycles. The maximum absolute atomic E-state index is 14.0. The van der Waals surface area contributed by atoms with E-state index in [9.17, 15) is 9.18 Å². The molecule has 3 aliphatic rings. The van der Waals surface area contributed by atoms with Crippen LogP contribution in [0.4, 0.5) is 20.6 Å². The van der Waals surface area contributed by atoms with E-state index in [1.54, 1.807) is 4.90 Å². The van der Waals surface area contributed by atoms with Gasteiger partial charge in [0.2, 0.25) is 0 Å². The summed E-state index contributed by atoms with van der Waals surface area (Å²) in [6, 6.07) is 8.13. The van der Waals surface area contributed by atoms with Gasteiger partial charge in [-0.05, 0) is 90.4 Å². The van der Waals surface area contributed by atoms with Crippen LogP contribution in [-0.2, 0) is 4.74 Å². The molecular formula is C27H32FIN5O2P. The number of amides is 2. The first-order valence-corrected chi connectivity index (χ1v) is 14.6. The number of fused-ring (bicyclic) bond motifs is 3. The topological polar surface area (TPSA) is 62.1 Å². The van der Waals surface area contributed by atoms with Gasteiger partial charge in [-0.25, -0.2) is 14.2 Å². The maximum Gasteiger partial charge on any atom is 0.321 e. The predicted molar refractivity (Wildman–Crippen MR) is 156 cm³/mol. The van der Waals surface area contributed by atoms with E-state index in [0.29, 0.717) is 19.5 Å². The molecule has 0 saturated carbocycles. The molecule has 10 heteroatoms. The molecule has 2 aromatic heterocycles. The highest BCUT2D eigenvalue weighted by Crippen LogP contribution is 2.39. The summed E-state index contributed by atoms with van der Waals surface area (Å²) in [7, 11) is 2.25. The van der Waals surface area contributed by atoms with Crippen molar-refractivity contribution < 1.29 is 13.9 Å². The fourth-order valence-electron chi connectivity index (χ4n) is 5.99. The molecule has 2 bridgehead atoms. The van der Waals surface area contributed by atoms with Crippen molar-refractivity contribution in [1.29, 1.82) is 0 Å². The van der Waals surface area contributed by atoms with Gasteiger partial charge in [-0.3, -0.25) is 0 Å². The number of benzene rings is 1. The Morgan fingerprint density at radius 2 is 2.03 bits per heavy atom. The van der Waals surface area contributed by atoms with Crippen molar-refractivity contribution in [2.45, 2.75) is 48.2 Å². The number of aryl methyl sites for hydroxylation is 1. The highest BCUT2D eigenvalue weighted by molar-refractivity contribution is 14.1. The zero-order chi connectivity index (χ0) is 25.7. The molecule has 0 spiro atoms. The molecule has 0 aliphatic carbocycles. The van der Waals surface area contributed by atoms with E-state index in [2.05, 4.69) is 48.0 Å². The van der Waals surface area contributed by atoms with Crippen LogP contribution in [0.2, 0.25) is 0 Å². The van der Waals surface area contributed by atoms with E-state index in [4.69, 9.17) is 4.74 Å². The van der Waals surface area contributed by atoms with Gasteiger partial charge in [-0.15, -0.1) is 0 Å². The minimum atomic E-state index is -1.32. The lowest BCUT2D eigenvalue weighted by molar-refractivity contribution is 0.0305. The van der Waals surface area contributed by atoms with Crippen LogP contribution in [0, 0.1) is 12.8 Å². The smallest absolute Gasteiger partial charge is 0.321 e. The van der Waals surface area contributed by atoms with Crippen LogP contribution < -0.4 is 10.2 Å². The lowest BCUT2D eigenvalue weighted by Gasteiger charge is -2.34. The van der Waals surface area contributed by atoms with Gasteiger partial charge >= 0.3 is 6.03 Å². The Labute approximate surface area is 232 Å². The van der Waals surface area contributed by atoms with Crippen LogP contribution in [0.3, 0.4) is 0 Å². The van der Waals surface area contributed by atoms with Gasteiger partial charge in [-0.1, -0.05) is 15.3 Å². The summed E-state index contributed by atoms with van der Waals surface area (Å²) >= 11 is 1.81. The number of halogens is 2. The van der Waals surface area contributed by atoms with Gasteiger partial charge in [0.15, 0.2) is 9.06 Å². The van der Waals surface area contributed by atoms with Gasteiger partial charge in [-0.2, -0.15) is 0 Å². The minimum absolute atomic E-state index is 0.131. The summed E-state index contributed by atoms with van der Waals surface area (Å²) in [4.78, 5) is 21.9. The molecule has 37 heavy (non-hydrogen) atoms. The Morgan fingerprint density at radius 3 is 2.78 bits per heavy atom. The highest BCUT2D eigenvalue weighted by Gasteiger charge is 2.35. The van der Waals surface area contributed by atoms with E-state index in [0.717, 1.165) is 66.1 Å². The van der Waals surface area contributed by atoms with E-state index < -0.39 is 3.42 Å². The normalized spacial score (nSPS) is 25.0. The Morgan fingerprint density at radius 1 is 1.24 bits per heavy atom. The van der Waals surface area contributed by atoms with Gasteiger partial charge in [0.25, 0.3) is 0 Å². The van der Waals surface area contributed by atoms with Gasteiger partial charge < -0.3 is 24.3 Å². The van der Waals surface area contributed by atoms with Crippen molar-refractivity contribution in [3.8, 4) is 11.1 Å². The lowest BCUT2D eigenvalue weighted by atomic mass is 10.0. The van der Waals surface area contributed by atoms with Crippen LogP contribution in [0.25, 0.3) is 16.8 Å². The second kappa shape index (κ2) is 9.97. The number of imidazole rings is 1. The highest BCUT2D eigenvalue weighted by atomic mass is 127. The fraction of sp³-hybridized carbons (Fsp3) is 0.481. The molecule has 5 heterocycles. The first-order valence-electron chi connectivity index (χ1n) is 12.9. The fourth-order valence-corrected chi connectivity index (χ4v) is 6.94. The van der Waals surface area contributed by atoms with E-state index in [1.807, 2.05) is 53.2 Å². The Kier molecular flexibility index (Phi) is 6.82. The summed E-state index contributed by atoms with van der Waals surface area (Å²) < 4.78 is 20.9. The van der Waals surface area contributed by atoms with Gasteiger partial charge in [0, 0.05) is 56.0 Å². The quantitative estimate of drug-likeness (QED) is 0.217. The zero-order valence-electron chi connectivity index (χ0n) is 20.9. The number of alkyl halides is 2. The molecule has 5 atom stereocenters. The van der Waals surface area contributed by atoms with Crippen molar-refractivity contribution in [2.24, 2.45) is 5.92 Å². The summed E-state index contributed by atoms with van der Waals surface area (Å²) in [5.41, 5.74) is 6.10. The standard InChI is InChI=1S/C27H32FIN5O2P/c1-17-2-3-20(31-26(35)33-8-6-18(13-33)12-27(28,29)37)11-23(17)19-10-24(25-30-7-9-32(25)14-19)34-15-21-4-5-22(16-34)36-21/h2-3,7,9-11,14,18,21-22H,4-6,8,12-13,15-16,37H2,1H3,(H,31,35)/t18-,21?,22?,27?/m0/s1. The number of pyridine rings is 1. The Hall–Kier alpha value is -1.97. The number of hydrogen-bond acceptors (Lipinski definition) is 4. The number of morpholine rings is 1. The third kappa shape index (κ3) is 5.45. The van der Waals surface area contributed by atoms with Crippen LogP contribution in [-0.4, -0.2) is 62.1 Å². The van der Waals surface area contributed by atoms with Crippen LogP contribution in [0.1, 0.15) is 31.2 Å². The van der Waals surface area contributed by atoms with E-state index in [1.165, 1.54) is 0 Å². The molecule has 3 aliphatic heterocycles. The molecular weight excluding hydrogens is 603 g/mol. The number of anilines is 2. The van der Waals surface area contributed by atoms with Gasteiger partial charge in [0.1, 0.15) is 0 Å². The van der Waals surface area contributed by atoms with Crippen molar-refractivity contribution in [1.82, 2.24) is 14.3 Å². The number of carbonyl (C=O) groups is 1. The third-order valence-corrected chi connectivity index (χ3v) is 8.46. The number of carbonyl (C=O) groups excluding carboxylic acids is 1. The van der Waals surface area contributed by atoms with E-state index >= 15 is 0 Å². The molecule has 3 fully saturated rings. The molecule has 4 unspecified atom stereocenters. The Balaban J connectivity index is 1.24.